The van der Waals surface area contributed by atoms with Crippen molar-refractivity contribution in [3.8, 4) is 0 Å². The number of hydrogen-bond acceptors (Lipinski definition) is 11. The molecule has 0 bridgehead atoms. The average Bonchev–Trinajstić information content (AvgIpc) is 3.16. The fraction of sp³-hybridized carbons (Fsp3) is 0.263. The summed E-state index contributed by atoms with van der Waals surface area (Å²) in [5, 5.41) is 17.5. The lowest BCUT2D eigenvalue weighted by Crippen LogP contribution is -2.56. The highest BCUT2D eigenvalue weighted by Gasteiger charge is 2.42. The lowest BCUT2D eigenvalue weighted by atomic mass is 10.1. The van der Waals surface area contributed by atoms with Crippen LogP contribution in [-0.2, 0) is 15.7 Å². The molecular formula is C19H17F3N6O6S. The number of amides is 1. The molecule has 6 N–H and O–H groups in total. The van der Waals surface area contributed by atoms with Crippen LogP contribution in [0.25, 0.3) is 11.0 Å². The van der Waals surface area contributed by atoms with E-state index in [1.54, 1.807) is 0 Å². The summed E-state index contributed by atoms with van der Waals surface area (Å²) in [7, 11) is -3.84. The van der Waals surface area contributed by atoms with Crippen molar-refractivity contribution in [3.63, 3.8) is 0 Å². The molecule has 1 unspecified atom stereocenters. The van der Waals surface area contributed by atoms with Gasteiger partial charge in [-0.25, -0.2) is 4.98 Å². The van der Waals surface area contributed by atoms with Crippen molar-refractivity contribution < 1.29 is 41.4 Å². The van der Waals surface area contributed by atoms with Crippen LogP contribution >= 0.6 is 10.8 Å². The Kier molecular flexibility index (Phi) is 5.37. The van der Waals surface area contributed by atoms with E-state index in [9.17, 15) is 32.2 Å². The SMILES string of the molecule is Nc1noc2cc3c(cc12)S(O)(O)N=C(C(O)[C@H]1OCCN(c2cccc(C(F)(F)F)n2)C1=O)N3. The Hall–Kier alpha value is -3.44. The summed E-state index contributed by atoms with van der Waals surface area (Å²) in [6, 6.07) is 5.79. The maximum atomic E-state index is 13.1. The molecule has 35 heavy (non-hydrogen) atoms. The van der Waals surface area contributed by atoms with Gasteiger partial charge in [-0.3, -0.25) is 18.8 Å². The van der Waals surface area contributed by atoms with Crippen LogP contribution in [0.2, 0.25) is 0 Å². The molecule has 3 aromatic rings. The number of nitrogens with one attached hydrogen (secondary N) is 1. The first-order valence-electron chi connectivity index (χ1n) is 9.95. The molecule has 2 aliphatic rings. The first-order chi connectivity index (χ1) is 16.5. The number of benzene rings is 1. The molecule has 2 aliphatic heterocycles. The number of halogens is 3. The highest BCUT2D eigenvalue weighted by molar-refractivity contribution is 8.23. The van der Waals surface area contributed by atoms with Crippen molar-refractivity contribution in [1.82, 2.24) is 10.1 Å². The minimum Gasteiger partial charge on any atom is -0.382 e. The number of aromatic nitrogens is 2. The van der Waals surface area contributed by atoms with Crippen LogP contribution in [0.4, 0.5) is 30.5 Å². The van der Waals surface area contributed by atoms with E-state index in [1.807, 2.05) is 0 Å². The van der Waals surface area contributed by atoms with E-state index in [-0.39, 0.29) is 41.0 Å². The molecule has 0 aliphatic carbocycles. The van der Waals surface area contributed by atoms with E-state index in [4.69, 9.17) is 15.0 Å². The van der Waals surface area contributed by atoms with Crippen molar-refractivity contribution in [3.05, 3.63) is 36.0 Å². The van der Waals surface area contributed by atoms with Gasteiger partial charge in [-0.05, 0) is 18.2 Å². The normalized spacial score (nSPS) is 21.8. The van der Waals surface area contributed by atoms with Crippen molar-refractivity contribution in [2.45, 2.75) is 23.3 Å². The number of amidine groups is 1. The Balaban J connectivity index is 1.43. The number of aliphatic hydroxyl groups is 1. The zero-order chi connectivity index (χ0) is 25.1. The Labute approximate surface area is 195 Å². The number of alkyl halides is 3. The molecule has 0 radical (unpaired) electrons. The number of carbonyl (C=O) groups excluding carboxylic acids is 1. The van der Waals surface area contributed by atoms with Crippen LogP contribution in [-0.4, -0.2) is 61.5 Å². The van der Waals surface area contributed by atoms with Gasteiger partial charge in [-0.15, -0.1) is 4.40 Å². The second-order valence-corrected chi connectivity index (χ2v) is 9.30. The van der Waals surface area contributed by atoms with E-state index >= 15 is 0 Å². The summed E-state index contributed by atoms with van der Waals surface area (Å²) in [5.41, 5.74) is 4.84. The molecule has 1 fully saturated rings. The predicted molar refractivity (Wildman–Crippen MR) is 118 cm³/mol. The number of morpholine rings is 1. The number of fused-ring (bicyclic) bond motifs is 2. The number of hydrogen-bond donors (Lipinski definition) is 5. The monoisotopic (exact) mass is 514 g/mol. The highest BCUT2D eigenvalue weighted by Crippen LogP contribution is 2.56. The Bertz CT molecular complexity index is 1360. The van der Waals surface area contributed by atoms with E-state index < -0.39 is 46.6 Å². The third kappa shape index (κ3) is 4.04. The van der Waals surface area contributed by atoms with Gasteiger partial charge in [0.1, 0.15) is 22.5 Å². The molecule has 1 aromatic carbocycles. The number of pyridine rings is 1. The zero-order valence-corrected chi connectivity index (χ0v) is 18.2. The Morgan fingerprint density at radius 3 is 2.80 bits per heavy atom. The van der Waals surface area contributed by atoms with Crippen molar-refractivity contribution in [2.24, 2.45) is 4.40 Å². The van der Waals surface area contributed by atoms with E-state index in [0.29, 0.717) is 5.39 Å². The average molecular weight is 514 g/mol. The molecule has 2 aromatic heterocycles. The van der Waals surface area contributed by atoms with Crippen LogP contribution < -0.4 is 16.0 Å². The number of nitrogen functional groups attached to an aromatic ring is 1. The van der Waals surface area contributed by atoms with E-state index in [0.717, 1.165) is 17.0 Å². The second-order valence-electron chi connectivity index (χ2n) is 7.64. The Morgan fingerprint density at radius 2 is 2.06 bits per heavy atom. The topological polar surface area (TPSA) is 180 Å². The maximum Gasteiger partial charge on any atom is 0.433 e. The number of carbonyl (C=O) groups is 1. The summed E-state index contributed by atoms with van der Waals surface area (Å²) in [6.45, 7) is -0.247. The fourth-order valence-corrected chi connectivity index (χ4v) is 4.92. The van der Waals surface area contributed by atoms with Gasteiger partial charge < -0.3 is 25.4 Å². The molecule has 1 amide bonds. The minimum atomic E-state index is -4.72. The van der Waals surface area contributed by atoms with Gasteiger partial charge >= 0.3 is 6.18 Å². The molecule has 0 spiro atoms. The summed E-state index contributed by atoms with van der Waals surface area (Å²) in [4.78, 5) is 17.4. The molecule has 5 rings (SSSR count). The number of nitrogens with two attached hydrogens (primary N) is 1. The quantitative estimate of drug-likeness (QED) is 0.348. The first-order valence-corrected chi connectivity index (χ1v) is 11.5. The van der Waals surface area contributed by atoms with Crippen molar-refractivity contribution >= 4 is 50.8 Å². The number of nitrogens with zero attached hydrogens (tertiary/aromatic N) is 4. The van der Waals surface area contributed by atoms with Crippen LogP contribution in [0.15, 0.2) is 44.1 Å². The molecule has 0 saturated carbocycles. The molecule has 1 saturated heterocycles. The maximum absolute atomic E-state index is 13.1. The molecular weight excluding hydrogens is 497 g/mol. The molecule has 186 valence electrons. The third-order valence-electron chi connectivity index (χ3n) is 5.37. The van der Waals surface area contributed by atoms with Gasteiger partial charge in [-0.1, -0.05) is 22.0 Å². The van der Waals surface area contributed by atoms with Gasteiger partial charge in [-0.2, -0.15) is 13.2 Å². The number of aliphatic hydroxyl groups excluding tert-OH is 1. The van der Waals surface area contributed by atoms with E-state index in [1.165, 1.54) is 18.2 Å². The zero-order valence-electron chi connectivity index (χ0n) is 17.4. The summed E-state index contributed by atoms with van der Waals surface area (Å²) < 4.78 is 74.6. The summed E-state index contributed by atoms with van der Waals surface area (Å²) in [6.07, 6.45) is -8.16. The first kappa shape index (κ1) is 23.3. The van der Waals surface area contributed by atoms with Gasteiger partial charge in [0.15, 0.2) is 23.3 Å². The number of ether oxygens (including phenoxy) is 1. The number of rotatable bonds is 3. The van der Waals surface area contributed by atoms with Gasteiger partial charge in [0, 0.05) is 6.07 Å². The standard InChI is InChI=1S/C19H17F3N6O6S/c20-19(21,22)12-2-1-3-13(25-12)28-4-5-33-15(18(28)30)14(29)17-24-9-7-10-8(16(23)26-34-10)6-11(9)35(31,32)27-17/h1-3,6-7,14-15,29,31-32H,4-5H2,(H2,23,26)(H,24,27)/t14?,15-/m1/s1. The Morgan fingerprint density at radius 1 is 1.29 bits per heavy atom. The second kappa shape index (κ2) is 8.06. The lowest BCUT2D eigenvalue weighted by Gasteiger charge is -2.38. The summed E-state index contributed by atoms with van der Waals surface area (Å²) in [5.74, 6) is -1.54. The van der Waals surface area contributed by atoms with Gasteiger partial charge in [0.2, 0.25) is 0 Å². The van der Waals surface area contributed by atoms with E-state index in [2.05, 4.69) is 19.9 Å². The van der Waals surface area contributed by atoms with Gasteiger partial charge in [0.05, 0.1) is 24.2 Å². The lowest BCUT2D eigenvalue weighted by molar-refractivity contribution is -0.142. The van der Waals surface area contributed by atoms with Gasteiger partial charge in [0.25, 0.3) is 5.91 Å². The van der Waals surface area contributed by atoms with Crippen LogP contribution in [0.1, 0.15) is 5.69 Å². The van der Waals surface area contributed by atoms with Crippen LogP contribution in [0.5, 0.6) is 0 Å². The molecule has 16 heteroatoms. The highest BCUT2D eigenvalue weighted by atomic mass is 32.3. The summed E-state index contributed by atoms with van der Waals surface area (Å²) >= 11 is 0. The van der Waals surface area contributed by atoms with Crippen molar-refractivity contribution in [2.75, 3.05) is 29.1 Å². The minimum absolute atomic E-state index is 0.0253. The van der Waals surface area contributed by atoms with Crippen molar-refractivity contribution in [1.29, 1.82) is 0 Å². The third-order valence-corrected chi connectivity index (χ3v) is 6.75. The van der Waals surface area contributed by atoms with Crippen LogP contribution in [0.3, 0.4) is 0 Å². The predicted octanol–water partition coefficient (Wildman–Crippen LogP) is 2.47. The van der Waals surface area contributed by atoms with Crippen LogP contribution in [0, 0.1) is 0 Å². The molecule has 2 atom stereocenters. The smallest absolute Gasteiger partial charge is 0.382 e. The molecule has 4 heterocycles. The number of anilines is 3. The largest absolute Gasteiger partial charge is 0.433 e. The fourth-order valence-electron chi connectivity index (χ4n) is 3.72. The molecule has 12 nitrogen and oxygen atoms in total.